The molecule has 0 aromatic carbocycles. The molecule has 0 saturated heterocycles. The summed E-state index contributed by atoms with van der Waals surface area (Å²) in [5, 5.41) is 10.9. The summed E-state index contributed by atoms with van der Waals surface area (Å²) in [6.07, 6.45) is 11.8. The lowest BCUT2D eigenvalue weighted by Gasteiger charge is -2.62. The lowest BCUT2D eigenvalue weighted by atomic mass is 9.43. The van der Waals surface area contributed by atoms with E-state index in [0.717, 1.165) is 37.0 Å². The van der Waals surface area contributed by atoms with Gasteiger partial charge in [0, 0.05) is 0 Å². The maximum absolute atomic E-state index is 12.3. The van der Waals surface area contributed by atoms with Crippen LogP contribution in [0.25, 0.3) is 0 Å². The second kappa shape index (κ2) is 7.00. The van der Waals surface area contributed by atoms with E-state index in [4.69, 9.17) is 4.74 Å². The standard InChI is InChI=1S/C25H42O3/c1-6-25(27)14-13-23(3)17(15-25)7-8-18-20-10-9-19(16(2)22(26)28-5)24(20,4)12-11-21(18)23/h16-21,27H,6-15H2,1-5H3/t16-,17-,18-,19+,20-,21-,23-,24+,25-/m0/s1. The average Bonchev–Trinajstić information content (AvgIpc) is 3.04. The van der Waals surface area contributed by atoms with Gasteiger partial charge in [0.15, 0.2) is 0 Å². The van der Waals surface area contributed by atoms with E-state index in [1.165, 1.54) is 52.1 Å². The van der Waals surface area contributed by atoms with Gasteiger partial charge in [0.05, 0.1) is 18.6 Å². The number of carbonyl (C=O) groups is 1. The highest BCUT2D eigenvalue weighted by Crippen LogP contribution is 2.68. The number of methoxy groups -OCH3 is 1. The van der Waals surface area contributed by atoms with Gasteiger partial charge in [0.2, 0.25) is 0 Å². The van der Waals surface area contributed by atoms with Crippen molar-refractivity contribution < 1.29 is 14.6 Å². The smallest absolute Gasteiger partial charge is 0.308 e. The Morgan fingerprint density at radius 3 is 2.43 bits per heavy atom. The molecular weight excluding hydrogens is 348 g/mol. The van der Waals surface area contributed by atoms with Crippen LogP contribution in [0.1, 0.15) is 91.9 Å². The summed E-state index contributed by atoms with van der Waals surface area (Å²) < 4.78 is 5.11. The summed E-state index contributed by atoms with van der Waals surface area (Å²) in [7, 11) is 1.53. The fraction of sp³-hybridized carbons (Fsp3) is 0.960. The van der Waals surface area contributed by atoms with E-state index in [1.807, 2.05) is 0 Å². The van der Waals surface area contributed by atoms with E-state index >= 15 is 0 Å². The Kier molecular flexibility index (Phi) is 5.17. The SMILES string of the molecule is CC[C@]1(O)CC[C@@]2(C)[C@@H](CC[C@@H]3[C@@H]2CC[C@]2(C)[C@@H]([C@H](C)C(=O)OC)CC[C@@H]32)C1. The van der Waals surface area contributed by atoms with E-state index in [9.17, 15) is 9.90 Å². The second-order valence-electron chi connectivity index (χ2n) is 11.5. The van der Waals surface area contributed by atoms with E-state index in [1.54, 1.807) is 0 Å². The molecule has 0 bridgehead atoms. The Bertz CT molecular complexity index is 617. The van der Waals surface area contributed by atoms with Crippen molar-refractivity contribution in [3.63, 3.8) is 0 Å². The fourth-order valence-electron chi connectivity index (χ4n) is 8.86. The molecule has 4 aliphatic rings. The van der Waals surface area contributed by atoms with Crippen molar-refractivity contribution in [1.29, 1.82) is 0 Å². The lowest BCUT2D eigenvalue weighted by molar-refractivity contribution is -0.159. The number of aliphatic hydroxyl groups is 1. The summed E-state index contributed by atoms with van der Waals surface area (Å²) >= 11 is 0. The molecule has 3 nitrogen and oxygen atoms in total. The first kappa shape index (κ1) is 20.7. The Morgan fingerprint density at radius 2 is 1.75 bits per heavy atom. The molecular formula is C25H42O3. The van der Waals surface area contributed by atoms with E-state index in [-0.39, 0.29) is 11.9 Å². The molecule has 0 aromatic rings. The number of ether oxygens (including phenoxy) is 1. The number of carbonyl (C=O) groups excluding carboxylic acids is 1. The van der Waals surface area contributed by atoms with Crippen molar-refractivity contribution in [2.45, 2.75) is 97.5 Å². The third-order valence-electron chi connectivity index (χ3n) is 10.7. The normalized spacial score (nSPS) is 51.6. The maximum atomic E-state index is 12.3. The molecule has 0 aliphatic heterocycles. The van der Waals surface area contributed by atoms with Crippen LogP contribution in [-0.4, -0.2) is 23.8 Å². The Hall–Kier alpha value is -0.570. The van der Waals surface area contributed by atoms with Gasteiger partial charge in [-0.2, -0.15) is 0 Å². The molecule has 9 atom stereocenters. The van der Waals surface area contributed by atoms with E-state index in [0.29, 0.717) is 22.7 Å². The summed E-state index contributed by atoms with van der Waals surface area (Å²) in [5.74, 6) is 3.60. The topological polar surface area (TPSA) is 46.5 Å². The molecule has 4 saturated carbocycles. The van der Waals surface area contributed by atoms with Crippen LogP contribution in [0.3, 0.4) is 0 Å². The third-order valence-corrected chi connectivity index (χ3v) is 10.7. The van der Waals surface area contributed by atoms with Crippen molar-refractivity contribution in [2.75, 3.05) is 7.11 Å². The lowest BCUT2D eigenvalue weighted by Crippen LogP contribution is -2.56. The highest BCUT2D eigenvalue weighted by atomic mass is 16.5. The second-order valence-corrected chi connectivity index (χ2v) is 11.5. The maximum Gasteiger partial charge on any atom is 0.308 e. The number of rotatable bonds is 3. The minimum atomic E-state index is -0.408. The minimum absolute atomic E-state index is 0.0178. The molecule has 28 heavy (non-hydrogen) atoms. The summed E-state index contributed by atoms with van der Waals surface area (Å²) in [4.78, 5) is 12.3. The predicted octanol–water partition coefficient (Wildman–Crippen LogP) is 5.60. The predicted molar refractivity (Wildman–Crippen MR) is 112 cm³/mol. The van der Waals surface area contributed by atoms with Gasteiger partial charge in [0.1, 0.15) is 0 Å². The van der Waals surface area contributed by atoms with Gasteiger partial charge in [-0.1, -0.05) is 27.7 Å². The summed E-state index contributed by atoms with van der Waals surface area (Å²) in [5.41, 5.74) is 0.309. The minimum Gasteiger partial charge on any atom is -0.469 e. The quantitative estimate of drug-likeness (QED) is 0.638. The third kappa shape index (κ3) is 2.89. The summed E-state index contributed by atoms with van der Waals surface area (Å²) in [6.45, 7) is 9.31. The Morgan fingerprint density at radius 1 is 1.04 bits per heavy atom. The number of esters is 1. The molecule has 160 valence electrons. The first-order chi connectivity index (χ1) is 13.2. The molecule has 0 amide bonds. The van der Waals surface area contributed by atoms with E-state index < -0.39 is 5.60 Å². The average molecular weight is 391 g/mol. The molecule has 0 aromatic heterocycles. The van der Waals surface area contributed by atoms with Crippen LogP contribution in [0.2, 0.25) is 0 Å². The first-order valence-electron chi connectivity index (χ1n) is 12.0. The largest absolute Gasteiger partial charge is 0.469 e. The van der Waals surface area contributed by atoms with Crippen LogP contribution in [0.5, 0.6) is 0 Å². The first-order valence-corrected chi connectivity index (χ1v) is 12.0. The van der Waals surface area contributed by atoms with Crippen LogP contribution in [-0.2, 0) is 9.53 Å². The Balaban J connectivity index is 1.56. The van der Waals surface area contributed by atoms with Crippen molar-refractivity contribution in [3.05, 3.63) is 0 Å². The molecule has 4 aliphatic carbocycles. The van der Waals surface area contributed by atoms with Crippen molar-refractivity contribution in [3.8, 4) is 0 Å². The zero-order valence-electron chi connectivity index (χ0n) is 18.8. The molecule has 3 heteroatoms. The van der Waals surface area contributed by atoms with Crippen LogP contribution in [0.15, 0.2) is 0 Å². The van der Waals surface area contributed by atoms with Gasteiger partial charge in [0.25, 0.3) is 0 Å². The van der Waals surface area contributed by atoms with Crippen LogP contribution in [0.4, 0.5) is 0 Å². The zero-order valence-corrected chi connectivity index (χ0v) is 18.8. The highest BCUT2D eigenvalue weighted by molar-refractivity contribution is 5.72. The van der Waals surface area contributed by atoms with Gasteiger partial charge in [-0.3, -0.25) is 4.79 Å². The van der Waals surface area contributed by atoms with Crippen LogP contribution >= 0.6 is 0 Å². The highest BCUT2D eigenvalue weighted by Gasteiger charge is 2.61. The molecule has 0 unspecified atom stereocenters. The Labute approximate surface area is 172 Å². The molecule has 0 radical (unpaired) electrons. The van der Waals surface area contributed by atoms with Crippen molar-refractivity contribution >= 4 is 5.97 Å². The molecule has 4 rings (SSSR count). The zero-order chi connectivity index (χ0) is 20.3. The van der Waals surface area contributed by atoms with Crippen LogP contribution < -0.4 is 0 Å². The molecule has 0 spiro atoms. The van der Waals surface area contributed by atoms with Gasteiger partial charge >= 0.3 is 5.97 Å². The number of fused-ring (bicyclic) bond motifs is 5. The van der Waals surface area contributed by atoms with Gasteiger partial charge < -0.3 is 9.84 Å². The van der Waals surface area contributed by atoms with Gasteiger partial charge in [-0.15, -0.1) is 0 Å². The monoisotopic (exact) mass is 390 g/mol. The molecule has 1 N–H and O–H groups in total. The van der Waals surface area contributed by atoms with Gasteiger partial charge in [-0.25, -0.2) is 0 Å². The van der Waals surface area contributed by atoms with Crippen molar-refractivity contribution in [2.24, 2.45) is 46.3 Å². The summed E-state index contributed by atoms with van der Waals surface area (Å²) in [6, 6.07) is 0. The molecule has 0 heterocycles. The van der Waals surface area contributed by atoms with Gasteiger partial charge in [-0.05, 0) is 105 Å². The number of hydrogen-bond donors (Lipinski definition) is 1. The van der Waals surface area contributed by atoms with Crippen molar-refractivity contribution in [1.82, 2.24) is 0 Å². The fourth-order valence-corrected chi connectivity index (χ4v) is 8.86. The number of hydrogen-bond acceptors (Lipinski definition) is 3. The van der Waals surface area contributed by atoms with Crippen LogP contribution in [0, 0.1) is 46.3 Å². The van der Waals surface area contributed by atoms with E-state index in [2.05, 4.69) is 27.7 Å². The molecule has 4 fully saturated rings.